The topological polar surface area (TPSA) is 83.8 Å². The average molecular weight is 443 g/mol. The molecule has 0 spiro atoms. The summed E-state index contributed by atoms with van der Waals surface area (Å²) in [4.78, 5) is 38.0. The zero-order valence-corrected chi connectivity index (χ0v) is 18.1. The number of benzene rings is 3. The maximum atomic E-state index is 13.1. The lowest BCUT2D eigenvalue weighted by atomic mass is 10.1. The van der Waals surface area contributed by atoms with Crippen LogP contribution in [-0.2, 0) is 4.74 Å². The summed E-state index contributed by atoms with van der Waals surface area (Å²) in [5.74, 6) is -0.164. The van der Waals surface area contributed by atoms with Crippen molar-refractivity contribution >= 4 is 22.7 Å². The van der Waals surface area contributed by atoms with Gasteiger partial charge in [0.2, 0.25) is 0 Å². The zero-order chi connectivity index (χ0) is 23.4. The molecule has 0 atom stereocenters. The number of carbonyl (C=O) groups excluding carboxylic acids is 2. The Morgan fingerprint density at radius 2 is 1.45 bits per heavy atom. The molecule has 166 valence electrons. The maximum Gasteiger partial charge on any atom is 0.345 e. The number of rotatable bonds is 6. The van der Waals surface area contributed by atoms with Gasteiger partial charge in [-0.05, 0) is 61.5 Å². The van der Waals surface area contributed by atoms with E-state index in [0.29, 0.717) is 27.8 Å². The quantitative estimate of drug-likeness (QED) is 0.325. The van der Waals surface area contributed by atoms with E-state index >= 15 is 0 Å². The van der Waals surface area contributed by atoms with Crippen molar-refractivity contribution in [3.63, 3.8) is 0 Å². The SMILES string of the molecule is CCOC(=O)c1ccc(OC(=O)c2cn(-c3ccc(OC)cc3)c(=O)c3ccccc23)cc1. The Morgan fingerprint density at radius 1 is 0.818 bits per heavy atom. The molecule has 0 radical (unpaired) electrons. The number of esters is 2. The smallest absolute Gasteiger partial charge is 0.345 e. The van der Waals surface area contributed by atoms with Crippen LogP contribution in [0.3, 0.4) is 0 Å². The van der Waals surface area contributed by atoms with Crippen LogP contribution >= 0.6 is 0 Å². The normalized spacial score (nSPS) is 10.6. The number of hydrogen-bond acceptors (Lipinski definition) is 6. The van der Waals surface area contributed by atoms with E-state index in [4.69, 9.17) is 14.2 Å². The number of methoxy groups -OCH3 is 1. The number of nitrogens with zero attached hydrogens (tertiary/aromatic N) is 1. The van der Waals surface area contributed by atoms with Crippen LogP contribution in [0.25, 0.3) is 16.5 Å². The lowest BCUT2D eigenvalue weighted by Crippen LogP contribution is -2.22. The minimum absolute atomic E-state index is 0.232. The maximum absolute atomic E-state index is 13.1. The lowest BCUT2D eigenvalue weighted by Gasteiger charge is -2.13. The molecule has 0 saturated heterocycles. The van der Waals surface area contributed by atoms with Crippen molar-refractivity contribution in [2.45, 2.75) is 6.92 Å². The third-order valence-corrected chi connectivity index (χ3v) is 5.07. The molecule has 0 saturated carbocycles. The first-order valence-corrected chi connectivity index (χ1v) is 10.3. The largest absolute Gasteiger partial charge is 0.497 e. The van der Waals surface area contributed by atoms with E-state index in [2.05, 4.69) is 0 Å². The fourth-order valence-electron chi connectivity index (χ4n) is 3.42. The second-order valence-electron chi connectivity index (χ2n) is 7.10. The van der Waals surface area contributed by atoms with Crippen molar-refractivity contribution in [1.29, 1.82) is 0 Å². The summed E-state index contributed by atoms with van der Waals surface area (Å²) in [6.07, 6.45) is 1.47. The van der Waals surface area contributed by atoms with Gasteiger partial charge in [-0.2, -0.15) is 0 Å². The molecule has 0 amide bonds. The molecule has 33 heavy (non-hydrogen) atoms. The number of hydrogen-bond donors (Lipinski definition) is 0. The number of carbonyl (C=O) groups is 2. The Morgan fingerprint density at radius 3 is 2.09 bits per heavy atom. The van der Waals surface area contributed by atoms with Gasteiger partial charge in [-0.1, -0.05) is 18.2 Å². The third kappa shape index (κ3) is 4.48. The van der Waals surface area contributed by atoms with E-state index in [0.717, 1.165) is 0 Å². The molecule has 0 unspecified atom stereocenters. The highest BCUT2D eigenvalue weighted by atomic mass is 16.5. The van der Waals surface area contributed by atoms with E-state index in [9.17, 15) is 14.4 Å². The standard InChI is InChI=1S/C26H21NO6/c1-3-32-25(29)17-8-12-20(13-9-17)33-26(30)23-16-27(18-10-14-19(31-2)15-11-18)24(28)22-7-5-4-6-21(22)23/h4-16H,3H2,1-2H3. The summed E-state index contributed by atoms with van der Waals surface area (Å²) in [7, 11) is 1.56. The van der Waals surface area contributed by atoms with E-state index < -0.39 is 11.9 Å². The first-order valence-electron chi connectivity index (χ1n) is 10.3. The molecule has 0 bridgehead atoms. The van der Waals surface area contributed by atoms with Crippen LogP contribution in [0.5, 0.6) is 11.5 Å². The second kappa shape index (κ2) is 9.40. The monoisotopic (exact) mass is 443 g/mol. The number of fused-ring (bicyclic) bond motifs is 1. The predicted octanol–water partition coefficient (Wildman–Crippen LogP) is 4.40. The number of ether oxygens (including phenoxy) is 3. The fraction of sp³-hybridized carbons (Fsp3) is 0.115. The Balaban J connectivity index is 1.72. The highest BCUT2D eigenvalue weighted by Crippen LogP contribution is 2.22. The Hall–Kier alpha value is -4.39. The van der Waals surface area contributed by atoms with E-state index in [-0.39, 0.29) is 23.5 Å². The van der Waals surface area contributed by atoms with Gasteiger partial charge in [-0.15, -0.1) is 0 Å². The first-order chi connectivity index (χ1) is 16.0. The molecule has 0 fully saturated rings. The molecule has 1 heterocycles. The van der Waals surface area contributed by atoms with Crippen LogP contribution in [0, 0.1) is 0 Å². The van der Waals surface area contributed by atoms with E-state index in [1.807, 2.05) is 0 Å². The van der Waals surface area contributed by atoms with Gasteiger partial charge in [-0.25, -0.2) is 9.59 Å². The summed E-state index contributed by atoms with van der Waals surface area (Å²) in [5.41, 5.74) is 0.913. The molecular weight excluding hydrogens is 422 g/mol. The first kappa shape index (κ1) is 21.8. The van der Waals surface area contributed by atoms with Crippen LogP contribution in [0.4, 0.5) is 0 Å². The Kier molecular flexibility index (Phi) is 6.22. The minimum atomic E-state index is -0.627. The van der Waals surface area contributed by atoms with Crippen molar-refractivity contribution < 1.29 is 23.8 Å². The zero-order valence-electron chi connectivity index (χ0n) is 18.1. The molecular formula is C26H21NO6. The lowest BCUT2D eigenvalue weighted by molar-refractivity contribution is 0.0526. The van der Waals surface area contributed by atoms with Crippen LogP contribution < -0.4 is 15.0 Å². The van der Waals surface area contributed by atoms with Crippen molar-refractivity contribution in [2.75, 3.05) is 13.7 Å². The van der Waals surface area contributed by atoms with Gasteiger partial charge in [0.25, 0.3) is 5.56 Å². The Bertz CT molecular complexity index is 1370. The summed E-state index contributed by atoms with van der Waals surface area (Å²) in [6, 6.07) is 19.9. The molecule has 0 aliphatic carbocycles. The molecule has 0 N–H and O–H groups in total. The Labute approximate surface area is 189 Å². The van der Waals surface area contributed by atoms with Gasteiger partial charge < -0.3 is 14.2 Å². The molecule has 0 aliphatic rings. The van der Waals surface area contributed by atoms with Crippen molar-refractivity contribution in [1.82, 2.24) is 4.57 Å². The van der Waals surface area contributed by atoms with Gasteiger partial charge in [0.05, 0.1) is 24.8 Å². The van der Waals surface area contributed by atoms with Crippen molar-refractivity contribution in [3.05, 3.63) is 100 Å². The summed E-state index contributed by atoms with van der Waals surface area (Å²) >= 11 is 0. The van der Waals surface area contributed by atoms with Crippen LogP contribution in [-0.4, -0.2) is 30.2 Å². The number of pyridine rings is 1. The predicted molar refractivity (Wildman–Crippen MR) is 123 cm³/mol. The molecule has 1 aromatic heterocycles. The van der Waals surface area contributed by atoms with Crippen LogP contribution in [0.2, 0.25) is 0 Å². The molecule has 4 rings (SSSR count). The van der Waals surface area contributed by atoms with Crippen LogP contribution in [0.15, 0.2) is 83.8 Å². The van der Waals surface area contributed by atoms with Gasteiger partial charge in [0.15, 0.2) is 0 Å². The highest BCUT2D eigenvalue weighted by Gasteiger charge is 2.18. The summed E-state index contributed by atoms with van der Waals surface area (Å²) in [6.45, 7) is 2.00. The van der Waals surface area contributed by atoms with Crippen LogP contribution in [0.1, 0.15) is 27.6 Å². The molecule has 3 aromatic carbocycles. The summed E-state index contributed by atoms with van der Waals surface area (Å²) < 4.78 is 17.1. The minimum Gasteiger partial charge on any atom is -0.497 e. The van der Waals surface area contributed by atoms with Gasteiger partial charge >= 0.3 is 11.9 Å². The molecule has 7 nitrogen and oxygen atoms in total. The second-order valence-corrected chi connectivity index (χ2v) is 7.10. The van der Waals surface area contributed by atoms with Crippen molar-refractivity contribution in [3.8, 4) is 17.2 Å². The third-order valence-electron chi connectivity index (χ3n) is 5.07. The van der Waals surface area contributed by atoms with E-state index in [1.54, 1.807) is 62.6 Å². The fourth-order valence-corrected chi connectivity index (χ4v) is 3.42. The summed E-state index contributed by atoms with van der Waals surface area (Å²) in [5, 5.41) is 0.876. The van der Waals surface area contributed by atoms with Gasteiger partial charge in [-0.3, -0.25) is 9.36 Å². The highest BCUT2D eigenvalue weighted by molar-refractivity contribution is 6.04. The average Bonchev–Trinajstić information content (AvgIpc) is 2.85. The van der Waals surface area contributed by atoms with E-state index in [1.165, 1.54) is 35.0 Å². The van der Waals surface area contributed by atoms with Crippen molar-refractivity contribution in [2.24, 2.45) is 0 Å². The number of aromatic nitrogens is 1. The van der Waals surface area contributed by atoms with Gasteiger partial charge in [0, 0.05) is 22.7 Å². The molecule has 7 heteroatoms. The molecule has 4 aromatic rings. The molecule has 0 aliphatic heterocycles. The van der Waals surface area contributed by atoms with Gasteiger partial charge in [0.1, 0.15) is 11.5 Å².